The number of nitrogens with one attached hydrogen (secondary N) is 1. The fourth-order valence-corrected chi connectivity index (χ4v) is 2.79. The van der Waals surface area contributed by atoms with Crippen molar-refractivity contribution in [1.29, 1.82) is 0 Å². The van der Waals surface area contributed by atoms with E-state index in [-0.39, 0.29) is 18.6 Å². The van der Waals surface area contributed by atoms with Crippen molar-refractivity contribution in [2.45, 2.75) is 32.3 Å². The molecule has 1 aromatic carbocycles. The average Bonchev–Trinajstić information content (AvgIpc) is 2.79. The number of ether oxygens (including phenoxy) is 1. The van der Waals surface area contributed by atoms with Gasteiger partial charge in [0.1, 0.15) is 18.5 Å². The lowest BCUT2D eigenvalue weighted by Crippen LogP contribution is -2.23. The van der Waals surface area contributed by atoms with Gasteiger partial charge in [-0.3, -0.25) is 4.79 Å². The number of anilines is 1. The van der Waals surface area contributed by atoms with E-state index in [9.17, 15) is 14.9 Å². The molecule has 2 aliphatic rings. The molecule has 106 valence electrons. The summed E-state index contributed by atoms with van der Waals surface area (Å²) in [5.41, 5.74) is 3.82. The first-order valence-electron chi connectivity index (χ1n) is 6.43. The zero-order chi connectivity index (χ0) is 14.3. The molecule has 0 bridgehead atoms. The highest BCUT2D eigenvalue weighted by Gasteiger charge is 2.31. The van der Waals surface area contributed by atoms with Crippen molar-refractivity contribution in [2.75, 3.05) is 11.9 Å². The molecule has 1 atom stereocenters. The Morgan fingerprint density at radius 1 is 1.55 bits per heavy atom. The zero-order valence-electron chi connectivity index (χ0n) is 11.0. The van der Waals surface area contributed by atoms with Gasteiger partial charge in [-0.2, -0.15) is 0 Å². The molecule has 2 heterocycles. The van der Waals surface area contributed by atoms with Gasteiger partial charge in [0.25, 0.3) is 5.09 Å². The quantitative estimate of drug-likeness (QED) is 0.666. The predicted octanol–water partition coefficient (Wildman–Crippen LogP) is 1.39. The van der Waals surface area contributed by atoms with Crippen LogP contribution in [-0.2, 0) is 22.5 Å². The van der Waals surface area contributed by atoms with Crippen molar-refractivity contribution in [3.63, 3.8) is 0 Å². The van der Waals surface area contributed by atoms with Crippen molar-refractivity contribution in [3.05, 3.63) is 32.9 Å². The van der Waals surface area contributed by atoms with Gasteiger partial charge in [0.15, 0.2) is 0 Å². The molecule has 3 rings (SSSR count). The molecule has 0 spiro atoms. The van der Waals surface area contributed by atoms with Crippen molar-refractivity contribution < 1.29 is 19.5 Å². The summed E-state index contributed by atoms with van der Waals surface area (Å²) in [5.74, 6) is 0.759. The maximum absolute atomic E-state index is 11.5. The Kier molecular flexibility index (Phi) is 2.96. The van der Waals surface area contributed by atoms with Gasteiger partial charge in [-0.25, -0.2) is 0 Å². The number of carbonyl (C=O) groups is 1. The van der Waals surface area contributed by atoms with Gasteiger partial charge in [-0.1, -0.05) is 6.07 Å². The smallest absolute Gasteiger partial charge is 0.294 e. The van der Waals surface area contributed by atoms with Crippen LogP contribution in [0.4, 0.5) is 5.69 Å². The highest BCUT2D eigenvalue weighted by atomic mass is 17.0. The summed E-state index contributed by atoms with van der Waals surface area (Å²) in [7, 11) is 0. The fourth-order valence-electron chi connectivity index (χ4n) is 2.79. The standard InChI is InChI=1S/C13H14N2O5/c1-7-4-8-5-9(6-19-15(17)18)20-13(8)10-2-3-11(16)14-12(7)10/h4,9H,2-3,5-6H2,1H3,(H,14,16). The van der Waals surface area contributed by atoms with Crippen molar-refractivity contribution >= 4 is 11.6 Å². The maximum atomic E-state index is 11.5. The van der Waals surface area contributed by atoms with Gasteiger partial charge in [0.05, 0.1) is 5.69 Å². The summed E-state index contributed by atoms with van der Waals surface area (Å²) < 4.78 is 5.77. The van der Waals surface area contributed by atoms with E-state index in [1.807, 2.05) is 13.0 Å². The maximum Gasteiger partial charge on any atom is 0.294 e. The van der Waals surface area contributed by atoms with E-state index >= 15 is 0 Å². The summed E-state index contributed by atoms with van der Waals surface area (Å²) in [6.07, 6.45) is 1.31. The number of amides is 1. The molecule has 1 aromatic rings. The minimum absolute atomic E-state index is 0.00628. The summed E-state index contributed by atoms with van der Waals surface area (Å²) in [6, 6.07) is 1.96. The van der Waals surface area contributed by atoms with Gasteiger partial charge < -0.3 is 14.9 Å². The van der Waals surface area contributed by atoms with Crippen LogP contribution in [0.5, 0.6) is 5.75 Å². The third kappa shape index (κ3) is 2.15. The van der Waals surface area contributed by atoms with Crippen molar-refractivity contribution in [3.8, 4) is 5.75 Å². The van der Waals surface area contributed by atoms with Gasteiger partial charge in [-0.05, 0) is 24.5 Å². The van der Waals surface area contributed by atoms with Crippen LogP contribution in [0.15, 0.2) is 6.07 Å². The molecule has 7 nitrogen and oxygen atoms in total. The number of hydrogen-bond acceptors (Lipinski definition) is 5. The topological polar surface area (TPSA) is 90.7 Å². The number of aryl methyl sites for hydroxylation is 1. The second kappa shape index (κ2) is 4.66. The van der Waals surface area contributed by atoms with Crippen LogP contribution in [0.1, 0.15) is 23.1 Å². The van der Waals surface area contributed by atoms with E-state index in [4.69, 9.17) is 4.74 Å². The third-order valence-corrected chi connectivity index (χ3v) is 3.62. The highest BCUT2D eigenvalue weighted by Crippen LogP contribution is 2.41. The summed E-state index contributed by atoms with van der Waals surface area (Å²) in [5, 5.41) is 12.3. The molecule has 2 aliphatic heterocycles. The molecule has 7 heteroatoms. The van der Waals surface area contributed by atoms with Crippen LogP contribution in [0.2, 0.25) is 0 Å². The SMILES string of the molecule is Cc1cc2c(c3c1NC(=O)CC3)OC(CO[N+](=O)[O-])C2. The molecule has 0 saturated heterocycles. The van der Waals surface area contributed by atoms with E-state index in [2.05, 4.69) is 10.2 Å². The summed E-state index contributed by atoms with van der Waals surface area (Å²) in [6.45, 7) is 1.85. The van der Waals surface area contributed by atoms with E-state index in [1.54, 1.807) is 0 Å². The Morgan fingerprint density at radius 3 is 3.10 bits per heavy atom. The number of nitrogens with zero attached hydrogens (tertiary/aromatic N) is 1. The second-order valence-electron chi connectivity index (χ2n) is 5.05. The van der Waals surface area contributed by atoms with E-state index in [0.29, 0.717) is 19.3 Å². The summed E-state index contributed by atoms with van der Waals surface area (Å²) in [4.78, 5) is 26.1. The molecule has 1 unspecified atom stereocenters. The lowest BCUT2D eigenvalue weighted by Gasteiger charge is -2.21. The van der Waals surface area contributed by atoms with Crippen LogP contribution in [0.3, 0.4) is 0 Å². The van der Waals surface area contributed by atoms with E-state index in [0.717, 1.165) is 28.1 Å². The largest absolute Gasteiger partial charge is 0.487 e. The normalized spacial score (nSPS) is 19.6. The lowest BCUT2D eigenvalue weighted by atomic mass is 9.95. The highest BCUT2D eigenvalue weighted by molar-refractivity contribution is 5.95. The molecule has 1 amide bonds. The second-order valence-corrected chi connectivity index (χ2v) is 5.05. The molecule has 20 heavy (non-hydrogen) atoms. The molecule has 0 fully saturated rings. The molecule has 0 aliphatic carbocycles. The Labute approximate surface area is 115 Å². The van der Waals surface area contributed by atoms with Crippen LogP contribution in [0.25, 0.3) is 0 Å². The van der Waals surface area contributed by atoms with Gasteiger partial charge >= 0.3 is 0 Å². The molecular weight excluding hydrogens is 264 g/mol. The van der Waals surface area contributed by atoms with Crippen molar-refractivity contribution in [2.24, 2.45) is 0 Å². The van der Waals surface area contributed by atoms with Gasteiger partial charge in [-0.15, -0.1) is 10.1 Å². The summed E-state index contributed by atoms with van der Waals surface area (Å²) >= 11 is 0. The van der Waals surface area contributed by atoms with Crippen LogP contribution < -0.4 is 10.1 Å². The van der Waals surface area contributed by atoms with Crippen LogP contribution in [0, 0.1) is 17.0 Å². The Bertz CT molecular complexity index is 599. The van der Waals surface area contributed by atoms with Crippen LogP contribution >= 0.6 is 0 Å². The average molecular weight is 278 g/mol. The minimum atomic E-state index is -0.812. The van der Waals surface area contributed by atoms with Gasteiger partial charge in [0, 0.05) is 18.4 Å². The number of carbonyl (C=O) groups excluding carboxylic acids is 1. The third-order valence-electron chi connectivity index (χ3n) is 3.62. The van der Waals surface area contributed by atoms with Crippen LogP contribution in [-0.4, -0.2) is 23.7 Å². The molecular formula is C13H14N2O5. The first-order valence-corrected chi connectivity index (χ1v) is 6.43. The predicted molar refractivity (Wildman–Crippen MR) is 69.2 cm³/mol. The van der Waals surface area contributed by atoms with Crippen molar-refractivity contribution in [1.82, 2.24) is 0 Å². The number of fused-ring (bicyclic) bond motifs is 3. The fraction of sp³-hybridized carbons (Fsp3) is 0.462. The Hall–Kier alpha value is -2.31. The monoisotopic (exact) mass is 278 g/mol. The molecule has 1 N–H and O–H groups in total. The molecule has 0 saturated carbocycles. The number of rotatable bonds is 3. The first kappa shape index (κ1) is 12.7. The minimum Gasteiger partial charge on any atom is -0.487 e. The number of benzene rings is 1. The van der Waals surface area contributed by atoms with E-state index in [1.165, 1.54) is 0 Å². The number of hydrogen-bond donors (Lipinski definition) is 1. The molecule has 0 radical (unpaired) electrons. The first-order chi connectivity index (χ1) is 9.54. The Balaban J connectivity index is 1.87. The zero-order valence-corrected chi connectivity index (χ0v) is 11.0. The molecule has 0 aromatic heterocycles. The Morgan fingerprint density at radius 2 is 2.35 bits per heavy atom. The van der Waals surface area contributed by atoms with E-state index < -0.39 is 5.09 Å². The lowest BCUT2D eigenvalue weighted by molar-refractivity contribution is -0.759. The van der Waals surface area contributed by atoms with Gasteiger partial charge in [0.2, 0.25) is 5.91 Å².